The van der Waals surface area contributed by atoms with Gasteiger partial charge in [-0.1, -0.05) is 59.8 Å². The van der Waals surface area contributed by atoms with Gasteiger partial charge in [-0.25, -0.2) is 0 Å². The highest BCUT2D eigenvalue weighted by molar-refractivity contribution is 4.98. The molecule has 0 heteroatoms. The Balaban J connectivity index is 0.000000374. The molecule has 4 aliphatic carbocycles. The molecule has 4 fully saturated rings. The lowest BCUT2D eigenvalue weighted by Crippen LogP contribution is -2.43. The van der Waals surface area contributed by atoms with Gasteiger partial charge in [-0.15, -0.1) is 0 Å². The lowest BCUT2D eigenvalue weighted by Gasteiger charge is -2.51. The molecule has 4 rings (SSSR count). The molecular weight excluding hydrogens is 252 g/mol. The summed E-state index contributed by atoms with van der Waals surface area (Å²) in [6, 6.07) is 0. The van der Waals surface area contributed by atoms with Gasteiger partial charge in [0.1, 0.15) is 0 Å². The van der Waals surface area contributed by atoms with Crippen molar-refractivity contribution in [1.82, 2.24) is 0 Å². The first-order valence-corrected chi connectivity index (χ1v) is 10.4. The summed E-state index contributed by atoms with van der Waals surface area (Å²) in [5, 5.41) is 0. The topological polar surface area (TPSA) is 0 Å². The molecule has 6 unspecified atom stereocenters. The van der Waals surface area contributed by atoms with Crippen molar-refractivity contribution >= 4 is 0 Å². The van der Waals surface area contributed by atoms with Crippen LogP contribution >= 0.6 is 0 Å². The predicted molar refractivity (Wildman–Crippen MR) is 94.4 cm³/mol. The third kappa shape index (κ3) is 3.50. The summed E-state index contributed by atoms with van der Waals surface area (Å²) in [5.74, 6) is 7.02. The van der Waals surface area contributed by atoms with E-state index < -0.39 is 0 Å². The normalized spacial score (nSPS) is 44.0. The zero-order chi connectivity index (χ0) is 15.2. The number of rotatable bonds is 0. The molecule has 0 amide bonds. The standard InChI is InChI=1S/C17H28.2C2H6/c1-2-6-14-12(4-1)8-10-17-15-7-3-5-13(15)9-11-16(14)17;2*1-2/h12-17H,1-11H2;2*1-2H3. The van der Waals surface area contributed by atoms with Crippen molar-refractivity contribution in [3.63, 3.8) is 0 Å². The number of fused-ring (bicyclic) bond motifs is 5. The molecule has 4 aliphatic rings. The predicted octanol–water partition coefficient (Wildman–Crippen LogP) is 7.08. The second kappa shape index (κ2) is 8.59. The van der Waals surface area contributed by atoms with Gasteiger partial charge in [0.15, 0.2) is 0 Å². The minimum absolute atomic E-state index is 1.16. The molecule has 0 saturated heterocycles. The molecule has 0 aromatic rings. The number of hydrogen-bond acceptors (Lipinski definition) is 0. The van der Waals surface area contributed by atoms with Gasteiger partial charge in [-0.2, -0.15) is 0 Å². The van der Waals surface area contributed by atoms with Crippen molar-refractivity contribution < 1.29 is 0 Å². The second-order valence-electron chi connectivity index (χ2n) is 7.55. The van der Waals surface area contributed by atoms with Gasteiger partial charge in [0.2, 0.25) is 0 Å². The Morgan fingerprint density at radius 2 is 0.810 bits per heavy atom. The molecule has 124 valence electrons. The van der Waals surface area contributed by atoms with Crippen LogP contribution in [-0.2, 0) is 0 Å². The van der Waals surface area contributed by atoms with Crippen LogP contribution in [0.5, 0.6) is 0 Å². The number of hydrogen-bond donors (Lipinski definition) is 0. The molecular formula is C21H40. The lowest BCUT2D eigenvalue weighted by atomic mass is 9.54. The SMILES string of the molecule is C1CCC2C(C1)CCC1C3CCCC3CCC21.CC.CC. The highest BCUT2D eigenvalue weighted by Crippen LogP contribution is 2.57. The van der Waals surface area contributed by atoms with E-state index in [1.54, 1.807) is 70.6 Å². The van der Waals surface area contributed by atoms with E-state index in [9.17, 15) is 0 Å². The van der Waals surface area contributed by atoms with Crippen LogP contribution in [0, 0.1) is 35.5 Å². The molecule has 0 aliphatic heterocycles. The summed E-state index contributed by atoms with van der Waals surface area (Å²) >= 11 is 0. The van der Waals surface area contributed by atoms with Crippen LogP contribution in [0.3, 0.4) is 0 Å². The van der Waals surface area contributed by atoms with Crippen molar-refractivity contribution in [2.75, 3.05) is 0 Å². The van der Waals surface area contributed by atoms with E-state index in [0.29, 0.717) is 0 Å². The first kappa shape index (κ1) is 17.4. The molecule has 0 N–H and O–H groups in total. The van der Waals surface area contributed by atoms with Crippen LogP contribution in [0.25, 0.3) is 0 Å². The monoisotopic (exact) mass is 292 g/mol. The maximum atomic E-state index is 2.00. The summed E-state index contributed by atoms with van der Waals surface area (Å²) in [5.41, 5.74) is 0. The highest BCUT2D eigenvalue weighted by atomic mass is 14.5. The fraction of sp³-hybridized carbons (Fsp3) is 1.00. The maximum absolute atomic E-state index is 2.00. The summed E-state index contributed by atoms with van der Waals surface area (Å²) in [4.78, 5) is 0. The van der Waals surface area contributed by atoms with E-state index in [0.717, 1.165) is 11.8 Å². The molecule has 0 bridgehead atoms. The Morgan fingerprint density at radius 3 is 1.38 bits per heavy atom. The Bertz CT molecular complexity index is 282. The Morgan fingerprint density at radius 1 is 0.381 bits per heavy atom. The molecule has 0 aromatic heterocycles. The van der Waals surface area contributed by atoms with Gasteiger partial charge >= 0.3 is 0 Å². The highest BCUT2D eigenvalue weighted by Gasteiger charge is 2.48. The summed E-state index contributed by atoms with van der Waals surface area (Å²) in [7, 11) is 0. The van der Waals surface area contributed by atoms with Crippen molar-refractivity contribution in [3.8, 4) is 0 Å². The van der Waals surface area contributed by atoms with Crippen LogP contribution in [0.15, 0.2) is 0 Å². The quantitative estimate of drug-likeness (QED) is 0.447. The van der Waals surface area contributed by atoms with Crippen LogP contribution in [0.2, 0.25) is 0 Å². The van der Waals surface area contributed by atoms with Crippen molar-refractivity contribution in [1.29, 1.82) is 0 Å². The van der Waals surface area contributed by atoms with Gasteiger partial charge in [0.25, 0.3) is 0 Å². The van der Waals surface area contributed by atoms with E-state index in [4.69, 9.17) is 0 Å². The van der Waals surface area contributed by atoms with Crippen LogP contribution in [0.1, 0.15) is 98.3 Å². The molecule has 0 nitrogen and oxygen atoms in total. The van der Waals surface area contributed by atoms with Crippen molar-refractivity contribution in [2.45, 2.75) is 98.3 Å². The van der Waals surface area contributed by atoms with Gasteiger partial charge in [0.05, 0.1) is 0 Å². The lowest BCUT2D eigenvalue weighted by molar-refractivity contribution is -0.0184. The summed E-state index contributed by atoms with van der Waals surface area (Å²) in [6.07, 6.45) is 17.5. The Kier molecular flexibility index (Phi) is 7.10. The van der Waals surface area contributed by atoms with Crippen molar-refractivity contribution in [3.05, 3.63) is 0 Å². The molecule has 0 heterocycles. The minimum Gasteiger partial charge on any atom is -0.0683 e. The van der Waals surface area contributed by atoms with Gasteiger partial charge < -0.3 is 0 Å². The van der Waals surface area contributed by atoms with E-state index in [1.165, 1.54) is 23.7 Å². The van der Waals surface area contributed by atoms with Gasteiger partial charge in [0, 0.05) is 0 Å². The van der Waals surface area contributed by atoms with Crippen LogP contribution < -0.4 is 0 Å². The minimum atomic E-state index is 1.16. The van der Waals surface area contributed by atoms with Crippen LogP contribution in [-0.4, -0.2) is 0 Å². The third-order valence-corrected chi connectivity index (χ3v) is 7.08. The average Bonchev–Trinajstić information content (AvgIpc) is 3.07. The summed E-state index contributed by atoms with van der Waals surface area (Å²) in [6.45, 7) is 8.00. The molecule has 6 atom stereocenters. The molecule has 21 heavy (non-hydrogen) atoms. The summed E-state index contributed by atoms with van der Waals surface area (Å²) < 4.78 is 0. The van der Waals surface area contributed by atoms with E-state index in [2.05, 4.69) is 0 Å². The molecule has 0 radical (unpaired) electrons. The first-order chi connectivity index (χ1) is 10.4. The zero-order valence-corrected chi connectivity index (χ0v) is 15.2. The fourth-order valence-electron chi connectivity index (χ4n) is 6.45. The molecule has 0 spiro atoms. The van der Waals surface area contributed by atoms with E-state index >= 15 is 0 Å². The Labute approximate surface area is 134 Å². The van der Waals surface area contributed by atoms with Gasteiger partial charge in [-0.3, -0.25) is 0 Å². The third-order valence-electron chi connectivity index (χ3n) is 7.08. The largest absolute Gasteiger partial charge is 0.0683 e. The van der Waals surface area contributed by atoms with Crippen LogP contribution in [0.4, 0.5) is 0 Å². The molecule has 0 aromatic carbocycles. The van der Waals surface area contributed by atoms with Gasteiger partial charge in [-0.05, 0) is 74.0 Å². The average molecular weight is 293 g/mol. The second-order valence-corrected chi connectivity index (χ2v) is 7.55. The van der Waals surface area contributed by atoms with Crippen molar-refractivity contribution in [2.24, 2.45) is 35.5 Å². The van der Waals surface area contributed by atoms with E-state index in [-0.39, 0.29) is 0 Å². The Hall–Kier alpha value is 0. The zero-order valence-electron chi connectivity index (χ0n) is 15.2. The molecule has 4 saturated carbocycles. The fourth-order valence-corrected chi connectivity index (χ4v) is 6.45. The first-order valence-electron chi connectivity index (χ1n) is 10.4. The van der Waals surface area contributed by atoms with E-state index in [1.807, 2.05) is 27.7 Å². The maximum Gasteiger partial charge on any atom is -0.0352 e. The smallest absolute Gasteiger partial charge is 0.0352 e.